The maximum Gasteiger partial charge on any atom is 0.243 e. The number of benzene rings is 1. The standard InChI is InChI=1S/C18H24N2O8S2/c21-29(22,19(5-13-9-25-13)6-14-10-26-14)17-2-1-3-18(4-17)30(23,24)20(7-15-11-27-15)8-16-12-28-16/h1-4,13-16H,5-12H2. The van der Waals surface area contributed by atoms with Crippen LogP contribution < -0.4 is 0 Å². The lowest BCUT2D eigenvalue weighted by atomic mass is 10.4. The Morgan fingerprint density at radius 1 is 0.667 bits per heavy atom. The van der Waals surface area contributed by atoms with E-state index in [1.807, 2.05) is 0 Å². The van der Waals surface area contributed by atoms with E-state index in [9.17, 15) is 16.8 Å². The van der Waals surface area contributed by atoms with Gasteiger partial charge in [0.05, 0.1) is 60.6 Å². The third-order valence-corrected chi connectivity index (χ3v) is 8.97. The van der Waals surface area contributed by atoms with Gasteiger partial charge in [0.25, 0.3) is 0 Å². The Morgan fingerprint density at radius 2 is 0.967 bits per heavy atom. The van der Waals surface area contributed by atoms with Gasteiger partial charge in [0.15, 0.2) is 0 Å². The van der Waals surface area contributed by atoms with Gasteiger partial charge in [-0.25, -0.2) is 16.8 Å². The van der Waals surface area contributed by atoms with Crippen LogP contribution in [0.5, 0.6) is 0 Å². The molecule has 4 aliphatic heterocycles. The van der Waals surface area contributed by atoms with Crippen molar-refractivity contribution in [3.8, 4) is 0 Å². The molecule has 4 atom stereocenters. The van der Waals surface area contributed by atoms with Gasteiger partial charge in [0.1, 0.15) is 0 Å². The minimum atomic E-state index is -3.90. The van der Waals surface area contributed by atoms with Crippen molar-refractivity contribution in [3.05, 3.63) is 24.3 Å². The molecule has 4 unspecified atom stereocenters. The fraction of sp³-hybridized carbons (Fsp3) is 0.667. The lowest BCUT2D eigenvalue weighted by Gasteiger charge is -2.23. The Hall–Kier alpha value is -1.12. The third-order valence-electron chi connectivity index (χ3n) is 5.32. The molecule has 30 heavy (non-hydrogen) atoms. The summed E-state index contributed by atoms with van der Waals surface area (Å²) < 4.78 is 76.4. The molecule has 0 amide bonds. The lowest BCUT2D eigenvalue weighted by Crippen LogP contribution is -2.38. The van der Waals surface area contributed by atoms with Gasteiger partial charge in [-0.2, -0.15) is 8.61 Å². The van der Waals surface area contributed by atoms with Crippen LogP contribution in [0.4, 0.5) is 0 Å². The molecule has 4 saturated heterocycles. The topological polar surface area (TPSA) is 125 Å². The first-order valence-electron chi connectivity index (χ1n) is 9.89. The molecule has 166 valence electrons. The molecule has 4 heterocycles. The van der Waals surface area contributed by atoms with Crippen LogP contribution in [0, 0.1) is 0 Å². The van der Waals surface area contributed by atoms with Crippen molar-refractivity contribution in [1.29, 1.82) is 0 Å². The molecule has 5 rings (SSSR count). The molecule has 4 fully saturated rings. The number of epoxide rings is 4. The number of rotatable bonds is 12. The SMILES string of the molecule is O=S(=O)(c1cccc(S(=O)(=O)N(CC2CO2)CC2CO2)c1)N(CC1CO1)CC1CO1. The van der Waals surface area contributed by atoms with Crippen LogP contribution in [-0.2, 0) is 39.0 Å². The summed E-state index contributed by atoms with van der Waals surface area (Å²) in [6.07, 6.45) is -0.507. The molecule has 4 aliphatic rings. The van der Waals surface area contributed by atoms with E-state index in [0.717, 1.165) is 0 Å². The summed E-state index contributed by atoms with van der Waals surface area (Å²) in [5.41, 5.74) is 0. The molecule has 0 N–H and O–H groups in total. The summed E-state index contributed by atoms with van der Waals surface area (Å²) in [7, 11) is -7.80. The van der Waals surface area contributed by atoms with Crippen molar-refractivity contribution >= 4 is 20.0 Å². The van der Waals surface area contributed by atoms with Gasteiger partial charge >= 0.3 is 0 Å². The number of hydrogen-bond acceptors (Lipinski definition) is 8. The monoisotopic (exact) mass is 460 g/mol. The largest absolute Gasteiger partial charge is 0.372 e. The van der Waals surface area contributed by atoms with Crippen molar-refractivity contribution in [3.63, 3.8) is 0 Å². The second kappa shape index (κ2) is 7.78. The van der Waals surface area contributed by atoms with Crippen LogP contribution >= 0.6 is 0 Å². The van der Waals surface area contributed by atoms with Crippen LogP contribution in [0.1, 0.15) is 0 Å². The summed E-state index contributed by atoms with van der Waals surface area (Å²) in [5, 5.41) is 0. The third kappa shape index (κ3) is 4.86. The van der Waals surface area contributed by atoms with E-state index >= 15 is 0 Å². The van der Waals surface area contributed by atoms with E-state index in [-0.39, 0.29) is 60.4 Å². The van der Waals surface area contributed by atoms with Crippen molar-refractivity contribution in [2.45, 2.75) is 34.2 Å². The maximum absolute atomic E-state index is 13.2. The normalized spacial score (nSPS) is 29.9. The summed E-state index contributed by atoms with van der Waals surface area (Å²) in [6, 6.07) is 5.52. The molecule has 0 radical (unpaired) electrons. The Bertz CT molecular complexity index is 894. The summed E-state index contributed by atoms with van der Waals surface area (Å²) in [6.45, 7) is 2.99. The number of nitrogens with zero attached hydrogens (tertiary/aromatic N) is 2. The first-order valence-corrected chi connectivity index (χ1v) is 12.8. The molecule has 1 aromatic rings. The maximum atomic E-state index is 13.2. The zero-order chi connectivity index (χ0) is 20.9. The molecular formula is C18H24N2O8S2. The minimum Gasteiger partial charge on any atom is -0.372 e. The molecule has 0 aliphatic carbocycles. The van der Waals surface area contributed by atoms with Crippen molar-refractivity contribution < 1.29 is 35.8 Å². The highest BCUT2D eigenvalue weighted by atomic mass is 32.2. The van der Waals surface area contributed by atoms with Crippen LogP contribution in [0.2, 0.25) is 0 Å². The van der Waals surface area contributed by atoms with Crippen LogP contribution in [0.15, 0.2) is 34.1 Å². The van der Waals surface area contributed by atoms with E-state index in [1.54, 1.807) is 0 Å². The smallest absolute Gasteiger partial charge is 0.243 e. The lowest BCUT2D eigenvalue weighted by molar-refractivity contribution is 0.303. The Labute approximate surface area is 175 Å². The highest BCUT2D eigenvalue weighted by Crippen LogP contribution is 2.27. The fourth-order valence-electron chi connectivity index (χ4n) is 3.24. The van der Waals surface area contributed by atoms with Crippen molar-refractivity contribution in [1.82, 2.24) is 8.61 Å². The number of hydrogen-bond donors (Lipinski definition) is 0. The Morgan fingerprint density at radius 3 is 1.23 bits per heavy atom. The van der Waals surface area contributed by atoms with Gasteiger partial charge in [-0.1, -0.05) is 6.07 Å². The minimum absolute atomic E-state index is 0.0600. The zero-order valence-corrected chi connectivity index (χ0v) is 17.9. The molecule has 0 saturated carbocycles. The van der Waals surface area contributed by atoms with Gasteiger partial charge in [-0.3, -0.25) is 0 Å². The van der Waals surface area contributed by atoms with E-state index in [2.05, 4.69) is 0 Å². The summed E-state index contributed by atoms with van der Waals surface area (Å²) >= 11 is 0. The Kier molecular flexibility index (Phi) is 5.39. The Balaban J connectivity index is 1.41. The van der Waals surface area contributed by atoms with Gasteiger partial charge in [0, 0.05) is 26.2 Å². The van der Waals surface area contributed by atoms with E-state index in [4.69, 9.17) is 18.9 Å². The fourth-order valence-corrected chi connectivity index (χ4v) is 6.41. The van der Waals surface area contributed by atoms with Gasteiger partial charge in [0.2, 0.25) is 20.0 Å². The second-order valence-corrected chi connectivity index (χ2v) is 11.8. The summed E-state index contributed by atoms with van der Waals surface area (Å²) in [4.78, 5) is -0.120. The first kappa shape index (κ1) is 20.8. The highest BCUT2D eigenvalue weighted by Gasteiger charge is 2.39. The van der Waals surface area contributed by atoms with Gasteiger partial charge in [-0.05, 0) is 18.2 Å². The van der Waals surface area contributed by atoms with Crippen molar-refractivity contribution in [2.24, 2.45) is 0 Å². The molecule has 0 aromatic heterocycles. The molecule has 0 spiro atoms. The molecule has 10 nitrogen and oxygen atoms in total. The molecule has 0 bridgehead atoms. The van der Waals surface area contributed by atoms with Gasteiger partial charge in [-0.15, -0.1) is 0 Å². The average molecular weight is 461 g/mol. The molecule has 12 heteroatoms. The van der Waals surface area contributed by atoms with E-state index in [1.165, 1.54) is 32.9 Å². The van der Waals surface area contributed by atoms with Crippen molar-refractivity contribution in [2.75, 3.05) is 52.6 Å². The van der Waals surface area contributed by atoms with Crippen LogP contribution in [0.25, 0.3) is 0 Å². The second-order valence-electron chi connectivity index (χ2n) is 7.94. The number of ether oxygens (including phenoxy) is 4. The van der Waals surface area contributed by atoms with Crippen LogP contribution in [0.3, 0.4) is 0 Å². The molecule has 1 aromatic carbocycles. The average Bonchev–Trinajstić information content (AvgIpc) is 3.55. The predicted octanol–water partition coefficient (Wildman–Crippen LogP) is -0.737. The van der Waals surface area contributed by atoms with E-state index < -0.39 is 20.0 Å². The van der Waals surface area contributed by atoms with E-state index in [0.29, 0.717) is 26.4 Å². The zero-order valence-electron chi connectivity index (χ0n) is 16.3. The number of sulfonamides is 2. The quantitative estimate of drug-likeness (QED) is 0.374. The van der Waals surface area contributed by atoms with Gasteiger partial charge < -0.3 is 18.9 Å². The summed E-state index contributed by atoms with van der Waals surface area (Å²) in [5.74, 6) is 0. The highest BCUT2D eigenvalue weighted by molar-refractivity contribution is 7.90. The van der Waals surface area contributed by atoms with Crippen LogP contribution in [-0.4, -0.2) is 102 Å². The first-order chi connectivity index (χ1) is 14.3. The molecular weight excluding hydrogens is 436 g/mol. The predicted molar refractivity (Wildman–Crippen MR) is 103 cm³/mol.